The number of amides is 2. The number of carbonyl (C=O) groups is 2. The van der Waals surface area contributed by atoms with Crippen molar-refractivity contribution in [2.75, 3.05) is 51.3 Å². The molecule has 2 amide bonds. The number of hydrogen-bond acceptors (Lipinski definition) is 6. The summed E-state index contributed by atoms with van der Waals surface area (Å²) in [5.41, 5.74) is 4.44. The van der Waals surface area contributed by atoms with Gasteiger partial charge in [-0.1, -0.05) is 18.2 Å². The van der Waals surface area contributed by atoms with Crippen molar-refractivity contribution in [3.63, 3.8) is 0 Å². The Kier molecular flexibility index (Phi) is 11.6. The maximum atomic E-state index is 13.4. The molecule has 0 bridgehead atoms. The van der Waals surface area contributed by atoms with E-state index in [-0.39, 0.29) is 23.8 Å². The molecule has 0 spiro atoms. The van der Waals surface area contributed by atoms with Crippen LogP contribution in [0.4, 0.5) is 5.69 Å². The Morgan fingerprint density at radius 2 is 1.93 bits per heavy atom. The molecule has 1 saturated heterocycles. The van der Waals surface area contributed by atoms with Crippen LogP contribution in [0.3, 0.4) is 0 Å². The fourth-order valence-corrected chi connectivity index (χ4v) is 5.87. The van der Waals surface area contributed by atoms with Gasteiger partial charge in [-0.2, -0.15) is 0 Å². The zero-order chi connectivity index (χ0) is 29.2. The lowest BCUT2D eigenvalue weighted by molar-refractivity contribution is -0.123. The molecule has 1 atom stereocenters. The number of hydrogen-bond donors (Lipinski definition) is 2. The van der Waals surface area contributed by atoms with E-state index in [0.717, 1.165) is 68.9 Å². The molecule has 2 aromatic rings. The first-order valence-corrected chi connectivity index (χ1v) is 15.2. The van der Waals surface area contributed by atoms with Gasteiger partial charge in [0.1, 0.15) is 5.75 Å². The fraction of sp³-hybridized carbons (Fsp3) is 0.576. The van der Waals surface area contributed by atoms with E-state index in [0.29, 0.717) is 32.2 Å². The highest BCUT2D eigenvalue weighted by Crippen LogP contribution is 2.31. The molecule has 1 aliphatic heterocycles. The number of nitrogens with zero attached hydrogens (tertiary/aromatic N) is 2. The third-order valence-corrected chi connectivity index (χ3v) is 8.25. The number of aryl methyl sites for hydroxylation is 1. The molecular weight excluding hydrogens is 516 g/mol. The maximum Gasteiger partial charge on any atom is 0.229 e. The Balaban J connectivity index is 1.24. The van der Waals surface area contributed by atoms with E-state index in [2.05, 4.69) is 47.6 Å². The highest BCUT2D eigenvalue weighted by Gasteiger charge is 2.30. The van der Waals surface area contributed by atoms with E-state index < -0.39 is 0 Å². The van der Waals surface area contributed by atoms with E-state index in [1.54, 1.807) is 0 Å². The molecule has 2 N–H and O–H groups in total. The molecule has 41 heavy (non-hydrogen) atoms. The van der Waals surface area contributed by atoms with Crippen molar-refractivity contribution in [2.24, 2.45) is 5.92 Å². The number of anilines is 1. The van der Waals surface area contributed by atoms with Gasteiger partial charge in [-0.05, 0) is 87.4 Å². The maximum absolute atomic E-state index is 13.4. The van der Waals surface area contributed by atoms with Gasteiger partial charge in [-0.15, -0.1) is 0 Å². The van der Waals surface area contributed by atoms with Crippen molar-refractivity contribution in [3.8, 4) is 5.75 Å². The second-order valence-electron chi connectivity index (χ2n) is 11.6. The van der Waals surface area contributed by atoms with Crippen LogP contribution in [0.25, 0.3) is 0 Å². The average molecular weight is 565 g/mol. The summed E-state index contributed by atoms with van der Waals surface area (Å²) in [5, 5.41) is 6.38. The highest BCUT2D eigenvalue weighted by molar-refractivity contribution is 5.94. The highest BCUT2D eigenvalue weighted by atomic mass is 16.5. The molecule has 8 heteroatoms. The Morgan fingerprint density at radius 3 is 2.66 bits per heavy atom. The van der Waals surface area contributed by atoms with Gasteiger partial charge in [0.25, 0.3) is 0 Å². The molecule has 1 saturated carbocycles. The molecule has 2 aliphatic rings. The lowest BCUT2D eigenvalue weighted by Crippen LogP contribution is -2.48. The second kappa shape index (κ2) is 15.3. The van der Waals surface area contributed by atoms with Crippen LogP contribution in [0.2, 0.25) is 0 Å². The van der Waals surface area contributed by atoms with E-state index in [4.69, 9.17) is 9.47 Å². The molecule has 1 heterocycles. The number of nitrogens with one attached hydrogen (secondary N) is 2. The normalized spacial score (nSPS) is 21.3. The zero-order valence-electron chi connectivity index (χ0n) is 25.3. The van der Waals surface area contributed by atoms with Crippen LogP contribution < -0.4 is 20.3 Å². The van der Waals surface area contributed by atoms with Gasteiger partial charge in [0, 0.05) is 64.0 Å². The van der Waals surface area contributed by atoms with Gasteiger partial charge in [-0.25, -0.2) is 0 Å². The Morgan fingerprint density at radius 1 is 1.12 bits per heavy atom. The first-order valence-electron chi connectivity index (χ1n) is 15.2. The minimum absolute atomic E-state index is 0.00823. The summed E-state index contributed by atoms with van der Waals surface area (Å²) in [7, 11) is 1.90. The van der Waals surface area contributed by atoms with Crippen LogP contribution >= 0.6 is 0 Å². The van der Waals surface area contributed by atoms with Crippen LogP contribution in [-0.4, -0.2) is 75.3 Å². The van der Waals surface area contributed by atoms with E-state index in [1.165, 1.54) is 11.1 Å². The van der Waals surface area contributed by atoms with Gasteiger partial charge in [0.2, 0.25) is 11.8 Å². The van der Waals surface area contributed by atoms with Crippen molar-refractivity contribution in [1.82, 2.24) is 15.5 Å². The average Bonchev–Trinajstić information content (AvgIpc) is 2.96. The number of ether oxygens (including phenoxy) is 2. The Bertz CT molecular complexity index is 1150. The number of carbonyl (C=O) groups excluding carboxylic acids is 2. The van der Waals surface area contributed by atoms with E-state index in [9.17, 15) is 9.59 Å². The molecular formula is C33H48N4O4. The van der Waals surface area contributed by atoms with Crippen molar-refractivity contribution in [2.45, 2.75) is 71.6 Å². The van der Waals surface area contributed by atoms with Crippen molar-refractivity contribution in [3.05, 3.63) is 59.2 Å². The lowest BCUT2D eigenvalue weighted by Gasteiger charge is -2.32. The predicted molar refractivity (Wildman–Crippen MR) is 163 cm³/mol. The molecule has 4 rings (SSSR count). The summed E-state index contributed by atoms with van der Waals surface area (Å²) < 4.78 is 11.5. The lowest BCUT2D eigenvalue weighted by atomic mass is 9.86. The largest absolute Gasteiger partial charge is 0.490 e. The van der Waals surface area contributed by atoms with Crippen LogP contribution in [0.15, 0.2) is 42.5 Å². The third kappa shape index (κ3) is 9.28. The monoisotopic (exact) mass is 564 g/mol. The van der Waals surface area contributed by atoms with Crippen molar-refractivity contribution >= 4 is 17.5 Å². The SMILES string of the molecule is CCOCCNC(=O)Cc1cccc(OC2CCC(C(=O)N(C)c3ccc(CN4CCN[C@@H](C)C4)c(C)c3)CC2)c1. The first kappa shape index (κ1) is 31.0. The van der Waals surface area contributed by atoms with Gasteiger partial charge in [0.15, 0.2) is 0 Å². The molecule has 224 valence electrons. The van der Waals surface area contributed by atoms with Gasteiger partial charge in [-0.3, -0.25) is 14.5 Å². The first-order chi connectivity index (χ1) is 19.8. The smallest absolute Gasteiger partial charge is 0.229 e. The summed E-state index contributed by atoms with van der Waals surface area (Å²) in [6.07, 6.45) is 3.70. The summed E-state index contributed by atoms with van der Waals surface area (Å²) >= 11 is 0. The van der Waals surface area contributed by atoms with Crippen LogP contribution in [0.5, 0.6) is 5.75 Å². The molecule has 2 fully saturated rings. The Hall–Kier alpha value is -2.94. The third-order valence-electron chi connectivity index (χ3n) is 8.25. The molecule has 2 aromatic carbocycles. The standard InChI is InChI=1S/C33H48N4O4/c1-5-40-18-16-35-32(38)21-26-7-6-8-31(20-26)41-30-13-10-27(11-14-30)33(39)36(4)29-12-9-28(24(2)19-29)23-37-17-15-34-25(3)22-37/h6-9,12,19-20,25,27,30,34H,5,10-11,13-18,21-23H2,1-4H3,(H,35,38)/t25-,27?,30?/m0/s1. The summed E-state index contributed by atoms with van der Waals surface area (Å²) in [5.74, 6) is 0.948. The molecule has 0 radical (unpaired) electrons. The quantitative estimate of drug-likeness (QED) is 0.378. The zero-order valence-corrected chi connectivity index (χ0v) is 25.3. The number of benzene rings is 2. The van der Waals surface area contributed by atoms with E-state index >= 15 is 0 Å². The predicted octanol–water partition coefficient (Wildman–Crippen LogP) is 4.08. The van der Waals surface area contributed by atoms with Crippen LogP contribution in [0, 0.1) is 12.8 Å². The molecule has 1 aliphatic carbocycles. The van der Waals surface area contributed by atoms with E-state index in [1.807, 2.05) is 43.1 Å². The topological polar surface area (TPSA) is 83.1 Å². The van der Waals surface area contributed by atoms with Crippen molar-refractivity contribution < 1.29 is 19.1 Å². The summed E-state index contributed by atoms with van der Waals surface area (Å²) in [6, 6.07) is 14.7. The summed E-state index contributed by atoms with van der Waals surface area (Å²) in [4.78, 5) is 29.9. The minimum Gasteiger partial charge on any atom is -0.490 e. The second-order valence-corrected chi connectivity index (χ2v) is 11.6. The molecule has 0 aromatic heterocycles. The fourth-order valence-electron chi connectivity index (χ4n) is 5.87. The van der Waals surface area contributed by atoms with Gasteiger partial charge < -0.3 is 25.0 Å². The van der Waals surface area contributed by atoms with Crippen molar-refractivity contribution in [1.29, 1.82) is 0 Å². The minimum atomic E-state index is -0.0241. The number of rotatable bonds is 12. The van der Waals surface area contributed by atoms with Crippen LogP contribution in [-0.2, 0) is 27.3 Å². The van der Waals surface area contributed by atoms with Gasteiger partial charge >= 0.3 is 0 Å². The van der Waals surface area contributed by atoms with Crippen LogP contribution in [0.1, 0.15) is 56.2 Å². The Labute approximate surface area is 245 Å². The summed E-state index contributed by atoms with van der Waals surface area (Å²) in [6.45, 7) is 12.1. The molecule has 0 unspecified atom stereocenters. The molecule has 8 nitrogen and oxygen atoms in total. The van der Waals surface area contributed by atoms with Gasteiger partial charge in [0.05, 0.1) is 19.1 Å². The number of piperazine rings is 1.